The maximum Gasteiger partial charge on any atom is 0.313 e. The van der Waals surface area contributed by atoms with Crippen molar-refractivity contribution in [3.8, 4) is 0 Å². The second kappa shape index (κ2) is 6.61. The van der Waals surface area contributed by atoms with E-state index in [-0.39, 0.29) is 5.75 Å². The predicted octanol–water partition coefficient (Wildman–Crippen LogP) is 3.01. The molecule has 1 saturated carbocycles. The maximum absolute atomic E-state index is 10.7. The van der Waals surface area contributed by atoms with Gasteiger partial charge in [0.05, 0.1) is 5.75 Å². The Labute approximate surface area is 124 Å². The first kappa shape index (κ1) is 15.4. The molecule has 1 aliphatic carbocycles. The summed E-state index contributed by atoms with van der Waals surface area (Å²) in [5.74, 6) is 1.89. The zero-order chi connectivity index (χ0) is 14.7. The molecule has 2 rings (SSSR count). The van der Waals surface area contributed by atoms with Crippen LogP contribution >= 0.6 is 11.8 Å². The lowest BCUT2D eigenvalue weighted by molar-refractivity contribution is -0.133. The summed E-state index contributed by atoms with van der Waals surface area (Å²) in [6, 6.07) is 0. The van der Waals surface area contributed by atoms with Crippen LogP contribution in [0.4, 0.5) is 0 Å². The largest absolute Gasteiger partial charge is 0.481 e. The average molecular weight is 297 g/mol. The summed E-state index contributed by atoms with van der Waals surface area (Å²) in [5.41, 5.74) is 0. The molecule has 1 aliphatic rings. The van der Waals surface area contributed by atoms with Crippen LogP contribution in [0, 0.1) is 11.8 Å². The van der Waals surface area contributed by atoms with E-state index in [4.69, 9.17) is 5.11 Å². The average Bonchev–Trinajstić information content (AvgIpc) is 2.95. The van der Waals surface area contributed by atoms with Crippen molar-refractivity contribution < 1.29 is 9.90 Å². The number of rotatable bonds is 6. The Morgan fingerprint density at radius 3 is 2.75 bits per heavy atom. The van der Waals surface area contributed by atoms with E-state index < -0.39 is 5.97 Å². The van der Waals surface area contributed by atoms with Crippen molar-refractivity contribution in [2.24, 2.45) is 11.8 Å². The fourth-order valence-electron chi connectivity index (χ4n) is 2.86. The van der Waals surface area contributed by atoms with Gasteiger partial charge >= 0.3 is 5.97 Å². The van der Waals surface area contributed by atoms with Crippen LogP contribution in [0.1, 0.15) is 51.8 Å². The van der Waals surface area contributed by atoms with Gasteiger partial charge in [-0.05, 0) is 18.3 Å². The predicted molar refractivity (Wildman–Crippen MR) is 79.0 cm³/mol. The van der Waals surface area contributed by atoms with Crippen molar-refractivity contribution in [3.05, 3.63) is 5.82 Å². The summed E-state index contributed by atoms with van der Waals surface area (Å²) in [7, 11) is 0. The monoisotopic (exact) mass is 297 g/mol. The molecule has 1 heterocycles. The van der Waals surface area contributed by atoms with Crippen LogP contribution in [-0.4, -0.2) is 31.6 Å². The summed E-state index contributed by atoms with van der Waals surface area (Å²) < 4.78 is 2.14. The number of aromatic nitrogens is 3. The quantitative estimate of drug-likeness (QED) is 0.817. The minimum atomic E-state index is -0.815. The van der Waals surface area contributed by atoms with Crippen molar-refractivity contribution in [2.75, 3.05) is 5.75 Å². The highest BCUT2D eigenvalue weighted by Crippen LogP contribution is 2.34. The number of hydrogen-bond donors (Lipinski definition) is 1. The van der Waals surface area contributed by atoms with Crippen LogP contribution in [0.5, 0.6) is 0 Å². The maximum atomic E-state index is 10.7. The van der Waals surface area contributed by atoms with Gasteiger partial charge in [0.2, 0.25) is 0 Å². The van der Waals surface area contributed by atoms with Crippen LogP contribution in [-0.2, 0) is 11.3 Å². The molecular formula is C14H23N3O2S. The Morgan fingerprint density at radius 1 is 1.45 bits per heavy atom. The fraction of sp³-hybridized carbons (Fsp3) is 0.786. The van der Waals surface area contributed by atoms with Gasteiger partial charge in [0.25, 0.3) is 0 Å². The van der Waals surface area contributed by atoms with Gasteiger partial charge in [0.15, 0.2) is 5.16 Å². The minimum absolute atomic E-state index is 0.0381. The van der Waals surface area contributed by atoms with Crippen molar-refractivity contribution in [2.45, 2.75) is 57.7 Å². The van der Waals surface area contributed by atoms with Crippen LogP contribution in [0.25, 0.3) is 0 Å². The second-order valence-corrected chi connectivity index (χ2v) is 6.90. The molecule has 1 fully saturated rings. The Bertz CT molecular complexity index is 473. The second-order valence-electron chi connectivity index (χ2n) is 5.96. The lowest BCUT2D eigenvalue weighted by Gasteiger charge is -2.19. The molecule has 6 heteroatoms. The molecule has 5 nitrogen and oxygen atoms in total. The lowest BCUT2D eigenvalue weighted by atomic mass is 9.98. The third-order valence-electron chi connectivity index (χ3n) is 4.04. The van der Waals surface area contributed by atoms with E-state index in [1.54, 1.807) is 0 Å². The molecule has 0 saturated heterocycles. The van der Waals surface area contributed by atoms with Gasteiger partial charge in [0.1, 0.15) is 5.82 Å². The molecule has 0 aromatic carbocycles. The van der Waals surface area contributed by atoms with Crippen LogP contribution in [0.15, 0.2) is 5.16 Å². The van der Waals surface area contributed by atoms with Crippen molar-refractivity contribution in [1.82, 2.24) is 14.8 Å². The standard InChI is InChI=1S/C14H23N3O2S/c1-9(2)13-15-16-14(20-8-12(18)19)17(13)7-11-6-4-5-10(11)3/h9-11H,4-8H2,1-3H3,(H,18,19). The Hall–Kier alpha value is -1.04. The normalized spacial score (nSPS) is 22.6. The van der Waals surface area contributed by atoms with E-state index >= 15 is 0 Å². The first-order chi connectivity index (χ1) is 9.49. The van der Waals surface area contributed by atoms with Crippen molar-refractivity contribution >= 4 is 17.7 Å². The number of thioether (sulfide) groups is 1. The Kier molecular flexibility index (Phi) is 5.07. The number of aliphatic carboxylic acids is 1. The zero-order valence-electron chi connectivity index (χ0n) is 12.4. The number of carboxylic acids is 1. The molecule has 2 unspecified atom stereocenters. The van der Waals surface area contributed by atoms with E-state index in [9.17, 15) is 4.79 Å². The third-order valence-corrected chi connectivity index (χ3v) is 4.99. The lowest BCUT2D eigenvalue weighted by Crippen LogP contribution is -2.17. The summed E-state index contributed by atoms with van der Waals surface area (Å²) in [5, 5.41) is 18.0. The van der Waals surface area contributed by atoms with Gasteiger partial charge in [-0.3, -0.25) is 4.79 Å². The van der Waals surface area contributed by atoms with E-state index in [1.807, 2.05) is 0 Å². The number of carbonyl (C=O) groups is 1. The molecule has 1 N–H and O–H groups in total. The van der Waals surface area contributed by atoms with Crippen molar-refractivity contribution in [1.29, 1.82) is 0 Å². The van der Waals surface area contributed by atoms with Crippen molar-refractivity contribution in [3.63, 3.8) is 0 Å². The Balaban J connectivity index is 2.17. The number of carboxylic acid groups (broad SMARTS) is 1. The molecule has 20 heavy (non-hydrogen) atoms. The molecule has 0 aliphatic heterocycles. The minimum Gasteiger partial charge on any atom is -0.481 e. The zero-order valence-corrected chi connectivity index (χ0v) is 13.2. The van der Waals surface area contributed by atoms with E-state index in [1.165, 1.54) is 31.0 Å². The smallest absolute Gasteiger partial charge is 0.313 e. The summed E-state index contributed by atoms with van der Waals surface area (Å²) in [6.07, 6.45) is 3.84. The van der Waals surface area contributed by atoms with Crippen LogP contribution in [0.3, 0.4) is 0 Å². The van der Waals surface area contributed by atoms with Gasteiger partial charge < -0.3 is 9.67 Å². The summed E-state index contributed by atoms with van der Waals surface area (Å²) >= 11 is 1.27. The Morgan fingerprint density at radius 2 is 2.20 bits per heavy atom. The summed E-state index contributed by atoms with van der Waals surface area (Å²) in [4.78, 5) is 10.7. The molecule has 1 aromatic heterocycles. The van der Waals surface area contributed by atoms with Gasteiger partial charge in [-0.1, -0.05) is 45.4 Å². The fourth-order valence-corrected chi connectivity index (χ4v) is 3.53. The molecule has 1 aromatic rings. The van der Waals surface area contributed by atoms with Gasteiger partial charge in [-0.2, -0.15) is 0 Å². The summed E-state index contributed by atoms with van der Waals surface area (Å²) in [6.45, 7) is 7.43. The van der Waals surface area contributed by atoms with E-state index in [0.29, 0.717) is 11.8 Å². The molecule has 0 spiro atoms. The van der Waals surface area contributed by atoms with E-state index in [0.717, 1.165) is 23.4 Å². The highest BCUT2D eigenvalue weighted by Gasteiger charge is 2.26. The molecule has 0 radical (unpaired) electrons. The van der Waals surface area contributed by atoms with Gasteiger partial charge in [-0.25, -0.2) is 0 Å². The van der Waals surface area contributed by atoms with Crippen LogP contribution in [0.2, 0.25) is 0 Å². The topological polar surface area (TPSA) is 68.0 Å². The first-order valence-corrected chi connectivity index (χ1v) is 8.25. The van der Waals surface area contributed by atoms with Gasteiger partial charge in [-0.15, -0.1) is 10.2 Å². The third kappa shape index (κ3) is 3.53. The number of hydrogen-bond acceptors (Lipinski definition) is 4. The number of nitrogens with zero attached hydrogens (tertiary/aromatic N) is 3. The van der Waals surface area contributed by atoms with Gasteiger partial charge in [0, 0.05) is 12.5 Å². The SMILES string of the molecule is CC(C)c1nnc(SCC(=O)O)n1CC1CCCC1C. The molecule has 0 amide bonds. The highest BCUT2D eigenvalue weighted by molar-refractivity contribution is 7.99. The molecule has 0 bridgehead atoms. The van der Waals surface area contributed by atoms with Crippen LogP contribution < -0.4 is 0 Å². The first-order valence-electron chi connectivity index (χ1n) is 7.26. The van der Waals surface area contributed by atoms with E-state index in [2.05, 4.69) is 35.5 Å². The highest BCUT2D eigenvalue weighted by atomic mass is 32.2. The molecule has 112 valence electrons. The molecule has 2 atom stereocenters. The molecular weight excluding hydrogens is 274 g/mol.